The molecule has 1 atom stereocenters. The van der Waals surface area contributed by atoms with Crippen LogP contribution in [0.2, 0.25) is 0 Å². The van der Waals surface area contributed by atoms with Crippen LogP contribution in [-0.2, 0) is 17.6 Å². The number of anilines is 2. The van der Waals surface area contributed by atoms with Gasteiger partial charge in [0.15, 0.2) is 16.7 Å². The van der Waals surface area contributed by atoms with Crippen LogP contribution >= 0.6 is 11.3 Å². The quantitative estimate of drug-likeness (QED) is 0.814. The van der Waals surface area contributed by atoms with Gasteiger partial charge < -0.3 is 10.2 Å². The monoisotopic (exact) mass is 385 g/mol. The molecule has 0 saturated carbocycles. The molecule has 8 heteroatoms. The Morgan fingerprint density at radius 2 is 2.11 bits per heavy atom. The Hall–Kier alpha value is -2.35. The van der Waals surface area contributed by atoms with Gasteiger partial charge in [-0.15, -0.1) is 5.10 Å². The van der Waals surface area contributed by atoms with Gasteiger partial charge in [0, 0.05) is 20.0 Å². The fourth-order valence-corrected chi connectivity index (χ4v) is 4.72. The number of aryl methyl sites for hydroxylation is 3. The van der Waals surface area contributed by atoms with Crippen LogP contribution in [0.3, 0.4) is 0 Å². The average Bonchev–Trinajstić information content (AvgIpc) is 3.27. The van der Waals surface area contributed by atoms with Gasteiger partial charge in [-0.05, 0) is 50.7 Å². The number of thiazole rings is 1. The topological polar surface area (TPSA) is 88.1 Å². The van der Waals surface area contributed by atoms with Crippen molar-refractivity contribution in [2.45, 2.75) is 46.0 Å². The van der Waals surface area contributed by atoms with Crippen molar-refractivity contribution in [3.63, 3.8) is 0 Å². The second-order valence-corrected chi connectivity index (χ2v) is 8.29. The summed E-state index contributed by atoms with van der Waals surface area (Å²) in [7, 11) is 0. The molecule has 142 valence electrons. The van der Waals surface area contributed by atoms with Crippen molar-refractivity contribution in [1.82, 2.24) is 15.2 Å². The SMILES string of the molecule is CC(=O)c1sc(NC(=O)[C@@H]2CCCN(c3cc4c(nn3)CCC4)C2)nc1C. The third-order valence-corrected chi connectivity index (χ3v) is 6.44. The van der Waals surface area contributed by atoms with Crippen molar-refractivity contribution >= 4 is 34.0 Å². The number of piperidine rings is 1. The molecule has 1 saturated heterocycles. The smallest absolute Gasteiger partial charge is 0.231 e. The van der Waals surface area contributed by atoms with Crippen molar-refractivity contribution in [2.24, 2.45) is 5.92 Å². The standard InChI is InChI=1S/C19H23N5O2S/c1-11-17(12(2)25)27-19(20-11)21-18(26)14-6-4-8-24(10-14)16-9-13-5-3-7-15(13)22-23-16/h9,14H,3-8,10H2,1-2H3,(H,20,21,26)/t14-/m1/s1. The minimum atomic E-state index is -0.126. The number of nitrogens with zero attached hydrogens (tertiary/aromatic N) is 4. The number of ketones is 1. The van der Waals surface area contributed by atoms with Gasteiger partial charge in [-0.1, -0.05) is 11.3 Å². The summed E-state index contributed by atoms with van der Waals surface area (Å²) in [5.41, 5.74) is 3.08. The van der Waals surface area contributed by atoms with Crippen LogP contribution in [-0.4, -0.2) is 40.0 Å². The number of aromatic nitrogens is 3. The third-order valence-electron chi connectivity index (χ3n) is 5.27. The van der Waals surface area contributed by atoms with E-state index < -0.39 is 0 Å². The van der Waals surface area contributed by atoms with Crippen LogP contribution in [0.1, 0.15) is 52.8 Å². The summed E-state index contributed by atoms with van der Waals surface area (Å²) in [4.78, 5) is 31.4. The van der Waals surface area contributed by atoms with Crippen molar-refractivity contribution in [1.29, 1.82) is 0 Å². The zero-order valence-electron chi connectivity index (χ0n) is 15.6. The van der Waals surface area contributed by atoms with Gasteiger partial charge in [-0.2, -0.15) is 5.10 Å². The molecule has 2 aromatic heterocycles. The minimum Gasteiger partial charge on any atom is -0.354 e. The number of amides is 1. The highest BCUT2D eigenvalue weighted by Crippen LogP contribution is 2.28. The molecule has 1 aliphatic carbocycles. The summed E-state index contributed by atoms with van der Waals surface area (Å²) in [6.07, 6.45) is 5.01. The van der Waals surface area contributed by atoms with Gasteiger partial charge in [0.05, 0.1) is 22.2 Å². The molecule has 1 N–H and O–H groups in total. The molecule has 1 aliphatic heterocycles. The van der Waals surface area contributed by atoms with Crippen molar-refractivity contribution in [3.05, 3.63) is 27.9 Å². The Balaban J connectivity index is 1.44. The van der Waals surface area contributed by atoms with Crippen LogP contribution in [0.25, 0.3) is 0 Å². The second kappa shape index (κ2) is 7.34. The van der Waals surface area contributed by atoms with Crippen molar-refractivity contribution in [3.8, 4) is 0 Å². The fourth-order valence-electron chi connectivity index (χ4n) is 3.85. The van der Waals surface area contributed by atoms with Crippen LogP contribution < -0.4 is 10.2 Å². The molecule has 4 rings (SSSR count). The van der Waals surface area contributed by atoms with E-state index in [0.29, 0.717) is 22.2 Å². The number of Topliss-reactive ketones (excluding diaryl/α,β-unsaturated/α-hetero) is 1. The summed E-state index contributed by atoms with van der Waals surface area (Å²) in [5.74, 6) is 0.679. The van der Waals surface area contributed by atoms with E-state index in [0.717, 1.165) is 50.2 Å². The average molecular weight is 385 g/mol. The number of rotatable bonds is 4. The highest BCUT2D eigenvalue weighted by atomic mass is 32.1. The van der Waals surface area contributed by atoms with Gasteiger partial charge in [-0.3, -0.25) is 9.59 Å². The molecule has 1 amide bonds. The van der Waals surface area contributed by atoms with E-state index in [1.807, 2.05) is 0 Å². The second-order valence-electron chi connectivity index (χ2n) is 7.29. The van der Waals surface area contributed by atoms with E-state index >= 15 is 0 Å². The molecule has 0 radical (unpaired) electrons. The molecule has 0 unspecified atom stereocenters. The lowest BCUT2D eigenvalue weighted by molar-refractivity contribution is -0.120. The normalized spacial score (nSPS) is 19.0. The number of carbonyl (C=O) groups excluding carboxylic acids is 2. The van der Waals surface area contributed by atoms with E-state index in [2.05, 4.69) is 31.5 Å². The first-order valence-electron chi connectivity index (χ1n) is 9.41. The first-order chi connectivity index (χ1) is 13.0. The van der Waals surface area contributed by atoms with Crippen LogP contribution in [0.5, 0.6) is 0 Å². The molecular weight excluding hydrogens is 362 g/mol. The molecule has 27 heavy (non-hydrogen) atoms. The minimum absolute atomic E-state index is 0.0236. The molecular formula is C19H23N5O2S. The summed E-state index contributed by atoms with van der Waals surface area (Å²) in [6.45, 7) is 4.83. The predicted molar refractivity (Wildman–Crippen MR) is 104 cm³/mol. The first kappa shape index (κ1) is 18.0. The maximum atomic E-state index is 12.7. The van der Waals surface area contributed by atoms with Crippen LogP contribution in [0, 0.1) is 12.8 Å². The van der Waals surface area contributed by atoms with E-state index in [4.69, 9.17) is 0 Å². The molecule has 0 spiro atoms. The van der Waals surface area contributed by atoms with E-state index in [1.165, 1.54) is 23.8 Å². The number of hydrogen-bond donors (Lipinski definition) is 1. The lowest BCUT2D eigenvalue weighted by Crippen LogP contribution is -2.41. The maximum absolute atomic E-state index is 12.7. The zero-order chi connectivity index (χ0) is 19.0. The van der Waals surface area contributed by atoms with Gasteiger partial charge in [0.2, 0.25) is 5.91 Å². The number of carbonyl (C=O) groups is 2. The van der Waals surface area contributed by atoms with E-state index in [9.17, 15) is 9.59 Å². The zero-order valence-corrected chi connectivity index (χ0v) is 16.4. The third kappa shape index (κ3) is 3.71. The Bertz CT molecular complexity index is 894. The maximum Gasteiger partial charge on any atom is 0.231 e. The van der Waals surface area contributed by atoms with Gasteiger partial charge in [-0.25, -0.2) is 4.98 Å². The van der Waals surface area contributed by atoms with Crippen molar-refractivity contribution in [2.75, 3.05) is 23.3 Å². The molecule has 3 heterocycles. The highest BCUT2D eigenvalue weighted by molar-refractivity contribution is 7.17. The molecule has 7 nitrogen and oxygen atoms in total. The fraction of sp³-hybridized carbons (Fsp3) is 0.526. The Morgan fingerprint density at radius 3 is 2.89 bits per heavy atom. The van der Waals surface area contributed by atoms with Crippen LogP contribution in [0.4, 0.5) is 10.9 Å². The summed E-state index contributed by atoms with van der Waals surface area (Å²) < 4.78 is 0. The summed E-state index contributed by atoms with van der Waals surface area (Å²) in [5, 5.41) is 12.1. The number of fused-ring (bicyclic) bond motifs is 1. The van der Waals surface area contributed by atoms with E-state index in [-0.39, 0.29) is 17.6 Å². The Morgan fingerprint density at radius 1 is 1.26 bits per heavy atom. The van der Waals surface area contributed by atoms with Crippen molar-refractivity contribution < 1.29 is 9.59 Å². The molecule has 0 bridgehead atoms. The molecule has 1 fully saturated rings. The largest absolute Gasteiger partial charge is 0.354 e. The Labute approximate surface area is 162 Å². The molecule has 2 aromatic rings. The molecule has 0 aromatic carbocycles. The van der Waals surface area contributed by atoms with Gasteiger partial charge in [0.1, 0.15) is 0 Å². The number of nitrogens with one attached hydrogen (secondary N) is 1. The lowest BCUT2D eigenvalue weighted by atomic mass is 9.97. The van der Waals surface area contributed by atoms with Gasteiger partial charge >= 0.3 is 0 Å². The first-order valence-corrected chi connectivity index (χ1v) is 10.2. The summed E-state index contributed by atoms with van der Waals surface area (Å²) >= 11 is 1.24. The van der Waals surface area contributed by atoms with E-state index in [1.54, 1.807) is 6.92 Å². The van der Waals surface area contributed by atoms with Crippen LogP contribution in [0.15, 0.2) is 6.07 Å². The number of hydrogen-bond acceptors (Lipinski definition) is 7. The lowest BCUT2D eigenvalue weighted by Gasteiger charge is -2.32. The highest BCUT2D eigenvalue weighted by Gasteiger charge is 2.28. The predicted octanol–water partition coefficient (Wildman–Crippen LogP) is 2.79. The van der Waals surface area contributed by atoms with Gasteiger partial charge in [0.25, 0.3) is 0 Å². The molecule has 2 aliphatic rings. The summed E-state index contributed by atoms with van der Waals surface area (Å²) in [6, 6.07) is 2.14. The Kier molecular flexibility index (Phi) is 4.90.